The maximum absolute atomic E-state index is 3.74. The van der Waals surface area contributed by atoms with Crippen LogP contribution in [0.2, 0.25) is 0 Å². The van der Waals surface area contributed by atoms with Gasteiger partial charge in [-0.25, -0.2) is 0 Å². The van der Waals surface area contributed by atoms with E-state index >= 15 is 0 Å². The molecule has 0 bridgehead atoms. The van der Waals surface area contributed by atoms with Gasteiger partial charge in [0.25, 0.3) is 0 Å². The van der Waals surface area contributed by atoms with Crippen LogP contribution in [-0.4, -0.2) is 6.04 Å². The Morgan fingerprint density at radius 1 is 1.16 bits per heavy atom. The third-order valence-electron chi connectivity index (χ3n) is 4.50. The minimum atomic E-state index is 0.669. The van der Waals surface area contributed by atoms with Crippen molar-refractivity contribution >= 4 is 28.3 Å². The smallest absolute Gasteiger partial charge is 0.0353 e. The van der Waals surface area contributed by atoms with Crippen molar-refractivity contribution in [1.29, 1.82) is 0 Å². The van der Waals surface area contributed by atoms with Gasteiger partial charge in [-0.3, -0.25) is 0 Å². The van der Waals surface area contributed by atoms with Crippen LogP contribution >= 0.6 is 22.6 Å². The van der Waals surface area contributed by atoms with Crippen LogP contribution in [0.5, 0.6) is 0 Å². The van der Waals surface area contributed by atoms with E-state index in [2.05, 4.69) is 66.9 Å². The van der Waals surface area contributed by atoms with Gasteiger partial charge in [0, 0.05) is 15.3 Å². The second-order valence-corrected chi connectivity index (χ2v) is 7.48. The summed E-state index contributed by atoms with van der Waals surface area (Å²) in [5, 5.41) is 3.74. The molecule has 0 heterocycles. The monoisotopic (exact) mass is 371 g/mol. The third kappa shape index (κ3) is 4.37. The Hall–Kier alpha value is -0.250. The number of halogens is 1. The van der Waals surface area contributed by atoms with Gasteiger partial charge in [-0.2, -0.15) is 0 Å². The second-order valence-electron chi connectivity index (χ2n) is 6.32. The minimum Gasteiger partial charge on any atom is -0.382 e. The number of rotatable bonds is 3. The molecule has 1 aromatic carbocycles. The first-order valence-electron chi connectivity index (χ1n) is 7.59. The second kappa shape index (κ2) is 6.96. The van der Waals surface area contributed by atoms with E-state index in [4.69, 9.17) is 0 Å². The summed E-state index contributed by atoms with van der Waals surface area (Å²) in [5.74, 6) is 1.78. The zero-order valence-electron chi connectivity index (χ0n) is 12.4. The van der Waals surface area contributed by atoms with E-state index in [-0.39, 0.29) is 0 Å². The van der Waals surface area contributed by atoms with Crippen molar-refractivity contribution in [1.82, 2.24) is 0 Å². The number of hydrogen-bond acceptors (Lipinski definition) is 1. The lowest BCUT2D eigenvalue weighted by Crippen LogP contribution is -2.18. The van der Waals surface area contributed by atoms with E-state index < -0.39 is 0 Å². The van der Waals surface area contributed by atoms with E-state index in [0.29, 0.717) is 6.04 Å². The minimum absolute atomic E-state index is 0.669. The van der Waals surface area contributed by atoms with Crippen molar-refractivity contribution in [3.8, 4) is 0 Å². The van der Waals surface area contributed by atoms with Gasteiger partial charge in [-0.15, -0.1) is 0 Å². The van der Waals surface area contributed by atoms with Gasteiger partial charge in [-0.05, 0) is 78.3 Å². The molecular formula is C17H26IN. The highest BCUT2D eigenvalue weighted by molar-refractivity contribution is 14.1. The van der Waals surface area contributed by atoms with E-state index in [9.17, 15) is 0 Å². The molecule has 2 rings (SSSR count). The van der Waals surface area contributed by atoms with Crippen molar-refractivity contribution in [2.75, 3.05) is 5.32 Å². The molecule has 2 atom stereocenters. The van der Waals surface area contributed by atoms with Gasteiger partial charge in [0.1, 0.15) is 0 Å². The molecule has 1 aromatic rings. The summed E-state index contributed by atoms with van der Waals surface area (Å²) >= 11 is 2.42. The molecule has 1 aliphatic carbocycles. The van der Waals surface area contributed by atoms with E-state index in [1.54, 1.807) is 0 Å². The first-order valence-corrected chi connectivity index (χ1v) is 8.67. The molecule has 1 saturated carbocycles. The molecular weight excluding hydrogens is 345 g/mol. The van der Waals surface area contributed by atoms with E-state index in [0.717, 1.165) is 11.8 Å². The summed E-state index contributed by atoms with van der Waals surface area (Å²) in [6.45, 7) is 6.92. The Balaban J connectivity index is 1.94. The normalized spacial score (nSPS) is 24.3. The lowest BCUT2D eigenvalue weighted by molar-refractivity contribution is 0.341. The van der Waals surface area contributed by atoms with Crippen LogP contribution in [-0.2, 0) is 0 Å². The van der Waals surface area contributed by atoms with Crippen molar-refractivity contribution in [2.45, 2.75) is 58.9 Å². The Kier molecular flexibility index (Phi) is 5.55. The summed E-state index contributed by atoms with van der Waals surface area (Å²) in [7, 11) is 0. The average Bonchev–Trinajstić information content (AvgIpc) is 2.59. The first kappa shape index (κ1) is 15.1. The maximum atomic E-state index is 3.74. The third-order valence-corrected chi connectivity index (χ3v) is 5.66. The summed E-state index contributed by atoms with van der Waals surface area (Å²) in [6.07, 6.45) is 6.84. The molecule has 1 nitrogen and oxygen atoms in total. The van der Waals surface area contributed by atoms with Crippen molar-refractivity contribution in [2.24, 2.45) is 11.8 Å². The molecule has 2 heteroatoms. The fraction of sp³-hybridized carbons (Fsp3) is 0.647. The van der Waals surface area contributed by atoms with Crippen LogP contribution in [0.3, 0.4) is 0 Å². The highest BCUT2D eigenvalue weighted by atomic mass is 127. The molecule has 2 unspecified atom stereocenters. The van der Waals surface area contributed by atoms with E-state index in [1.165, 1.54) is 46.9 Å². The van der Waals surface area contributed by atoms with Crippen molar-refractivity contribution < 1.29 is 0 Å². The van der Waals surface area contributed by atoms with E-state index in [1.807, 2.05) is 0 Å². The molecule has 0 amide bonds. The fourth-order valence-corrected chi connectivity index (χ4v) is 3.58. The number of hydrogen-bond donors (Lipinski definition) is 1. The number of benzene rings is 1. The molecule has 0 aliphatic heterocycles. The quantitative estimate of drug-likeness (QED) is 0.537. The summed E-state index contributed by atoms with van der Waals surface area (Å²) < 4.78 is 1.36. The van der Waals surface area contributed by atoms with Gasteiger partial charge in [0.15, 0.2) is 0 Å². The van der Waals surface area contributed by atoms with Crippen molar-refractivity contribution in [3.63, 3.8) is 0 Å². The Morgan fingerprint density at radius 3 is 2.63 bits per heavy atom. The van der Waals surface area contributed by atoms with Crippen LogP contribution in [0.1, 0.15) is 51.5 Å². The zero-order chi connectivity index (χ0) is 13.8. The van der Waals surface area contributed by atoms with Gasteiger partial charge < -0.3 is 5.32 Å². The Bertz CT molecular complexity index is 414. The van der Waals surface area contributed by atoms with Crippen LogP contribution in [0.25, 0.3) is 0 Å². The molecule has 106 valence electrons. The van der Waals surface area contributed by atoms with Crippen LogP contribution in [0.4, 0.5) is 5.69 Å². The SMILES string of the molecule is Cc1ccc(NC2CCCC(C(C)C)CC2)cc1I. The van der Waals surface area contributed by atoms with Crippen LogP contribution < -0.4 is 5.32 Å². The van der Waals surface area contributed by atoms with Gasteiger partial charge in [0.2, 0.25) is 0 Å². The fourth-order valence-electron chi connectivity index (χ4n) is 3.06. The average molecular weight is 371 g/mol. The molecule has 1 aliphatic rings. The number of aryl methyl sites for hydroxylation is 1. The van der Waals surface area contributed by atoms with Gasteiger partial charge in [0.05, 0.1) is 0 Å². The van der Waals surface area contributed by atoms with Crippen LogP contribution in [0, 0.1) is 22.3 Å². The van der Waals surface area contributed by atoms with Crippen LogP contribution in [0.15, 0.2) is 18.2 Å². The summed E-state index contributed by atoms with van der Waals surface area (Å²) in [4.78, 5) is 0. The lowest BCUT2D eigenvalue weighted by Gasteiger charge is -2.20. The molecule has 1 fully saturated rings. The predicted octanol–water partition coefficient (Wildman–Crippen LogP) is 5.62. The maximum Gasteiger partial charge on any atom is 0.0353 e. The highest BCUT2D eigenvalue weighted by Crippen LogP contribution is 2.30. The highest BCUT2D eigenvalue weighted by Gasteiger charge is 2.20. The largest absolute Gasteiger partial charge is 0.382 e. The first-order chi connectivity index (χ1) is 9.06. The zero-order valence-corrected chi connectivity index (χ0v) is 14.5. The Morgan fingerprint density at radius 2 is 1.95 bits per heavy atom. The summed E-state index contributed by atoms with van der Waals surface area (Å²) in [6, 6.07) is 7.39. The molecule has 0 saturated heterocycles. The molecule has 0 spiro atoms. The predicted molar refractivity (Wildman–Crippen MR) is 92.7 cm³/mol. The molecule has 0 aromatic heterocycles. The molecule has 19 heavy (non-hydrogen) atoms. The van der Waals surface area contributed by atoms with Gasteiger partial charge >= 0.3 is 0 Å². The topological polar surface area (TPSA) is 12.0 Å². The molecule has 1 N–H and O–H groups in total. The lowest BCUT2D eigenvalue weighted by atomic mass is 9.89. The number of nitrogens with one attached hydrogen (secondary N) is 1. The summed E-state index contributed by atoms with van der Waals surface area (Å²) in [5.41, 5.74) is 2.66. The van der Waals surface area contributed by atoms with Crippen molar-refractivity contribution in [3.05, 3.63) is 27.3 Å². The molecule has 0 radical (unpaired) electrons. The number of anilines is 1. The standard InChI is InChI=1S/C17H26IN/c1-12(2)14-5-4-6-15(10-8-14)19-16-9-7-13(3)17(18)11-16/h7,9,11-12,14-15,19H,4-6,8,10H2,1-3H3. The van der Waals surface area contributed by atoms with Gasteiger partial charge in [-0.1, -0.05) is 32.8 Å². The Labute approximate surface area is 131 Å².